The van der Waals surface area contributed by atoms with Crippen LogP contribution in [0.15, 0.2) is 66.2 Å². The highest BCUT2D eigenvalue weighted by Gasteiger charge is 2.16. The molecule has 36 heavy (non-hydrogen) atoms. The van der Waals surface area contributed by atoms with E-state index in [1.165, 1.54) is 30.3 Å². The molecule has 0 aliphatic rings. The first-order valence-electron chi connectivity index (χ1n) is 10.9. The summed E-state index contributed by atoms with van der Waals surface area (Å²) in [7, 11) is 0. The van der Waals surface area contributed by atoms with Crippen molar-refractivity contribution in [2.75, 3.05) is 23.8 Å². The van der Waals surface area contributed by atoms with Crippen LogP contribution >= 0.6 is 22.6 Å². The molecular weight excluding hydrogens is 576 g/mol. The molecule has 3 aromatic rings. The number of aryl methyl sites for hydroxylation is 1. The third-order valence-electron chi connectivity index (χ3n) is 4.88. The SMILES string of the molecule is CCOc1cc(/C=C(\C#N)C(=O)Nc2ccc(F)cc2)cc(I)c1OCC(=O)Nc1ccccc1C. The Balaban J connectivity index is 1.77. The van der Waals surface area contributed by atoms with Crippen molar-refractivity contribution in [1.29, 1.82) is 5.26 Å². The van der Waals surface area contributed by atoms with Crippen molar-refractivity contribution in [3.63, 3.8) is 0 Å². The van der Waals surface area contributed by atoms with E-state index in [4.69, 9.17) is 9.47 Å². The van der Waals surface area contributed by atoms with E-state index in [0.29, 0.717) is 38.6 Å². The molecule has 3 aromatic carbocycles. The third kappa shape index (κ3) is 7.29. The number of nitrogens with one attached hydrogen (secondary N) is 2. The Hall–Kier alpha value is -3.91. The second kappa shape index (κ2) is 12.7. The number of anilines is 2. The number of hydrogen-bond donors (Lipinski definition) is 2. The molecule has 0 radical (unpaired) electrons. The molecule has 2 amide bonds. The van der Waals surface area contributed by atoms with Crippen LogP contribution in [0.4, 0.5) is 15.8 Å². The molecule has 3 rings (SSSR count). The maximum absolute atomic E-state index is 13.1. The molecule has 7 nitrogen and oxygen atoms in total. The van der Waals surface area contributed by atoms with Crippen molar-refractivity contribution in [1.82, 2.24) is 0 Å². The number of nitriles is 1. The lowest BCUT2D eigenvalue weighted by atomic mass is 10.1. The number of benzene rings is 3. The largest absolute Gasteiger partial charge is 0.490 e. The molecule has 0 saturated carbocycles. The predicted octanol–water partition coefficient (Wildman–Crippen LogP) is 5.70. The molecule has 0 saturated heterocycles. The van der Waals surface area contributed by atoms with Crippen LogP contribution in [-0.4, -0.2) is 25.0 Å². The Morgan fingerprint density at radius 2 is 1.81 bits per heavy atom. The zero-order valence-electron chi connectivity index (χ0n) is 19.6. The summed E-state index contributed by atoms with van der Waals surface area (Å²) in [6.07, 6.45) is 1.41. The van der Waals surface area contributed by atoms with E-state index in [1.54, 1.807) is 19.1 Å². The van der Waals surface area contributed by atoms with Crippen LogP contribution in [-0.2, 0) is 9.59 Å². The third-order valence-corrected chi connectivity index (χ3v) is 5.68. The minimum atomic E-state index is -0.634. The molecule has 2 N–H and O–H groups in total. The maximum atomic E-state index is 13.1. The zero-order chi connectivity index (χ0) is 26.1. The molecule has 0 fully saturated rings. The highest BCUT2D eigenvalue weighted by Crippen LogP contribution is 2.35. The quantitative estimate of drug-likeness (QED) is 0.187. The molecule has 0 heterocycles. The van der Waals surface area contributed by atoms with Gasteiger partial charge in [-0.3, -0.25) is 9.59 Å². The fourth-order valence-corrected chi connectivity index (χ4v) is 3.94. The fraction of sp³-hybridized carbons (Fsp3) is 0.148. The maximum Gasteiger partial charge on any atom is 0.266 e. The summed E-state index contributed by atoms with van der Waals surface area (Å²) in [5.74, 6) is -0.641. The van der Waals surface area contributed by atoms with Crippen molar-refractivity contribution < 1.29 is 23.5 Å². The van der Waals surface area contributed by atoms with Gasteiger partial charge in [-0.2, -0.15) is 5.26 Å². The molecule has 0 aromatic heterocycles. The van der Waals surface area contributed by atoms with E-state index in [0.717, 1.165) is 5.56 Å². The molecule has 0 unspecified atom stereocenters. The normalized spacial score (nSPS) is 10.8. The molecular formula is C27H23FIN3O4. The average Bonchev–Trinajstić information content (AvgIpc) is 2.85. The highest BCUT2D eigenvalue weighted by molar-refractivity contribution is 14.1. The van der Waals surface area contributed by atoms with E-state index in [1.807, 2.05) is 59.8 Å². The fourth-order valence-electron chi connectivity index (χ4n) is 3.16. The van der Waals surface area contributed by atoms with E-state index in [2.05, 4.69) is 10.6 Å². The van der Waals surface area contributed by atoms with Gasteiger partial charge in [-0.25, -0.2) is 4.39 Å². The van der Waals surface area contributed by atoms with Crippen LogP contribution in [0.25, 0.3) is 6.08 Å². The minimum absolute atomic E-state index is 0.149. The number of para-hydroxylation sites is 1. The topological polar surface area (TPSA) is 100 Å². The van der Waals surface area contributed by atoms with Gasteiger partial charge >= 0.3 is 0 Å². The second-order valence-corrected chi connectivity index (χ2v) is 8.71. The number of nitrogens with zero attached hydrogens (tertiary/aromatic N) is 1. The first-order chi connectivity index (χ1) is 17.3. The number of halogens is 2. The number of hydrogen-bond acceptors (Lipinski definition) is 5. The van der Waals surface area contributed by atoms with Gasteiger partial charge in [-0.15, -0.1) is 0 Å². The first kappa shape index (κ1) is 26.7. The van der Waals surface area contributed by atoms with Gasteiger partial charge in [0.1, 0.15) is 17.5 Å². The predicted molar refractivity (Wildman–Crippen MR) is 144 cm³/mol. The van der Waals surface area contributed by atoms with Crippen molar-refractivity contribution in [3.8, 4) is 17.6 Å². The van der Waals surface area contributed by atoms with Crippen molar-refractivity contribution in [2.24, 2.45) is 0 Å². The smallest absolute Gasteiger partial charge is 0.266 e. The lowest BCUT2D eigenvalue weighted by Gasteiger charge is -2.15. The lowest BCUT2D eigenvalue weighted by Crippen LogP contribution is -2.21. The molecule has 184 valence electrons. The number of ether oxygens (including phenoxy) is 2. The van der Waals surface area contributed by atoms with Gasteiger partial charge in [0.15, 0.2) is 18.1 Å². The Morgan fingerprint density at radius 3 is 2.47 bits per heavy atom. The van der Waals surface area contributed by atoms with E-state index >= 15 is 0 Å². The van der Waals surface area contributed by atoms with Crippen LogP contribution < -0.4 is 20.1 Å². The number of amides is 2. The van der Waals surface area contributed by atoms with E-state index in [9.17, 15) is 19.2 Å². The highest BCUT2D eigenvalue weighted by atomic mass is 127. The van der Waals surface area contributed by atoms with Gasteiger partial charge < -0.3 is 20.1 Å². The Kier molecular flexibility index (Phi) is 9.41. The van der Waals surface area contributed by atoms with E-state index < -0.39 is 11.7 Å². The monoisotopic (exact) mass is 599 g/mol. The summed E-state index contributed by atoms with van der Waals surface area (Å²) in [5, 5.41) is 14.9. The Labute approximate surface area is 222 Å². The van der Waals surface area contributed by atoms with Crippen molar-refractivity contribution in [2.45, 2.75) is 13.8 Å². The van der Waals surface area contributed by atoms with E-state index in [-0.39, 0.29) is 18.1 Å². The standard InChI is InChI=1S/C27H23FIN3O4/c1-3-35-24-14-18(12-19(15-30)27(34)31-21-10-8-20(28)9-11-21)13-22(29)26(24)36-16-25(33)32-23-7-5-4-6-17(23)2/h4-14H,3,16H2,1-2H3,(H,31,34)(H,32,33)/b19-12+. The van der Waals surface area contributed by atoms with Gasteiger partial charge in [0.25, 0.3) is 11.8 Å². The van der Waals surface area contributed by atoms with Crippen LogP contribution in [0.3, 0.4) is 0 Å². The molecule has 0 spiro atoms. The Morgan fingerprint density at radius 1 is 1.08 bits per heavy atom. The molecule has 0 aliphatic carbocycles. The summed E-state index contributed by atoms with van der Waals surface area (Å²) in [6, 6.07) is 17.9. The number of rotatable bonds is 9. The van der Waals surface area contributed by atoms with Crippen LogP contribution in [0.1, 0.15) is 18.1 Å². The zero-order valence-corrected chi connectivity index (χ0v) is 21.8. The first-order valence-corrected chi connectivity index (χ1v) is 12.0. The summed E-state index contributed by atoms with van der Waals surface area (Å²) in [6.45, 7) is 3.81. The summed E-state index contributed by atoms with van der Waals surface area (Å²) < 4.78 is 25.2. The Bertz CT molecular complexity index is 1330. The van der Waals surface area contributed by atoms with Gasteiger partial charge in [-0.1, -0.05) is 18.2 Å². The molecule has 9 heteroatoms. The van der Waals surface area contributed by atoms with Gasteiger partial charge in [-0.05, 0) is 96.1 Å². The average molecular weight is 599 g/mol. The van der Waals surface area contributed by atoms with Gasteiger partial charge in [0.2, 0.25) is 0 Å². The number of carbonyl (C=O) groups excluding carboxylic acids is 2. The lowest BCUT2D eigenvalue weighted by molar-refractivity contribution is -0.118. The molecule has 0 atom stereocenters. The number of carbonyl (C=O) groups is 2. The molecule has 0 aliphatic heterocycles. The minimum Gasteiger partial charge on any atom is -0.490 e. The van der Waals surface area contributed by atoms with Gasteiger partial charge in [0.05, 0.1) is 10.2 Å². The summed E-state index contributed by atoms with van der Waals surface area (Å²) in [5.41, 5.74) is 2.38. The second-order valence-electron chi connectivity index (χ2n) is 7.55. The van der Waals surface area contributed by atoms with Crippen LogP contribution in [0, 0.1) is 27.6 Å². The summed E-state index contributed by atoms with van der Waals surface area (Å²) >= 11 is 2.04. The van der Waals surface area contributed by atoms with Crippen molar-refractivity contribution in [3.05, 3.63) is 86.8 Å². The summed E-state index contributed by atoms with van der Waals surface area (Å²) in [4.78, 5) is 25.0. The molecule has 0 bridgehead atoms. The van der Waals surface area contributed by atoms with Crippen LogP contribution in [0.5, 0.6) is 11.5 Å². The van der Waals surface area contributed by atoms with Gasteiger partial charge in [0, 0.05) is 11.4 Å². The van der Waals surface area contributed by atoms with Crippen molar-refractivity contribution >= 4 is 51.9 Å². The van der Waals surface area contributed by atoms with Crippen LogP contribution in [0.2, 0.25) is 0 Å².